The molecule has 20 nitrogen and oxygen atoms in total. The Morgan fingerprint density at radius 2 is 1.09 bits per heavy atom. The quantitative estimate of drug-likeness (QED) is 0.0188. The Labute approximate surface area is 533 Å². The molecular formula is C69H100N7O13P. The smallest absolute Gasteiger partial charge is 0.330 e. The maximum atomic E-state index is 13.8. The van der Waals surface area contributed by atoms with Crippen molar-refractivity contribution in [3.05, 3.63) is 162 Å². The lowest BCUT2D eigenvalue weighted by Gasteiger charge is -2.37. The molecular weight excluding hydrogens is 1170 g/mol. The molecule has 21 heteroatoms. The number of methoxy groups -OCH3 is 4. The van der Waals surface area contributed by atoms with E-state index in [0.717, 1.165) is 42.4 Å². The van der Waals surface area contributed by atoms with Crippen molar-refractivity contribution in [2.75, 3.05) is 61.3 Å². The van der Waals surface area contributed by atoms with Gasteiger partial charge in [0.15, 0.2) is 12.5 Å². The standard InChI is InChI=1S/C69H100N7O13P/c1-10-11-12-13-14-15-16-17-18-19-20-21-22-23-27-41-73(46-58-62(51(45-70)47-87-90(81)76(49(2)3)50(4)5)64(85-9)66(88-58)75-44-40-61(78)72-68(75)80)42-38-57-59(89-65(63(57)84-8)74-43-39-60(77)71-67(74)79)48-86-69(52-28-25-24-26-29-52,53-30-34-55(82-6)35-31-53)54-32-36-56(83-7)37-33-54/h24-26,28-37,39-40,43-44,49-51,57-59,62-66,81H,10-23,27,38,41-42,46-48H2,1-9H3,(H,71,77,79)(H,72,78,80)/t51?,57-,58+,59-,62-,63-,64-,65-,66-,90?/m1/s1. The molecule has 0 saturated carbocycles. The van der Waals surface area contributed by atoms with Crippen LogP contribution in [-0.2, 0) is 33.8 Å². The molecule has 0 spiro atoms. The maximum absolute atomic E-state index is 13.8. The van der Waals surface area contributed by atoms with E-state index < -0.39 is 91.3 Å². The van der Waals surface area contributed by atoms with Gasteiger partial charge >= 0.3 is 11.4 Å². The second-order valence-corrected chi connectivity index (χ2v) is 25.7. The van der Waals surface area contributed by atoms with E-state index >= 15 is 0 Å². The number of H-pyrrole nitrogens is 2. The number of benzene rings is 3. The van der Waals surface area contributed by atoms with Crippen molar-refractivity contribution in [3.63, 3.8) is 0 Å². The molecule has 2 fully saturated rings. The van der Waals surface area contributed by atoms with Crippen LogP contribution in [-0.4, -0.2) is 131 Å². The molecule has 3 aromatic carbocycles. The summed E-state index contributed by atoms with van der Waals surface area (Å²) in [5.41, 5.74) is -1.21. The van der Waals surface area contributed by atoms with E-state index in [4.69, 9.17) is 37.7 Å². The van der Waals surface area contributed by atoms with Crippen LogP contribution in [0.3, 0.4) is 0 Å². The fourth-order valence-corrected chi connectivity index (χ4v) is 14.5. The van der Waals surface area contributed by atoms with Gasteiger partial charge in [0.25, 0.3) is 19.6 Å². The summed E-state index contributed by atoms with van der Waals surface area (Å²) in [7, 11) is 4.26. The van der Waals surface area contributed by atoms with Crippen molar-refractivity contribution in [2.45, 2.75) is 192 Å². The lowest BCUT2D eigenvalue weighted by atomic mass is 9.79. The van der Waals surface area contributed by atoms with Gasteiger partial charge in [0.1, 0.15) is 29.3 Å². The van der Waals surface area contributed by atoms with E-state index in [1.807, 2.05) is 111 Å². The van der Waals surface area contributed by atoms with Gasteiger partial charge in [-0.05, 0) is 94.6 Å². The monoisotopic (exact) mass is 1270 g/mol. The van der Waals surface area contributed by atoms with Crippen molar-refractivity contribution in [1.82, 2.24) is 28.7 Å². The fourth-order valence-electron chi connectivity index (χ4n) is 13.3. The Hall–Kier alpha value is -5.82. The molecule has 2 aliphatic rings. The molecule has 90 heavy (non-hydrogen) atoms. The molecule has 2 unspecified atom stereocenters. The van der Waals surface area contributed by atoms with Crippen LogP contribution in [0.1, 0.15) is 166 Å². The molecule has 0 amide bonds. The first-order chi connectivity index (χ1) is 43.6. The van der Waals surface area contributed by atoms with Gasteiger partial charge in [-0.1, -0.05) is 151 Å². The van der Waals surface area contributed by atoms with E-state index in [2.05, 4.69) is 27.9 Å². The summed E-state index contributed by atoms with van der Waals surface area (Å²) in [5, 5.41) is 11.1. The Morgan fingerprint density at radius 3 is 1.54 bits per heavy atom. The zero-order valence-corrected chi connectivity index (χ0v) is 55.4. The van der Waals surface area contributed by atoms with Crippen LogP contribution < -0.4 is 32.0 Å². The highest BCUT2D eigenvalue weighted by Crippen LogP contribution is 2.47. The summed E-state index contributed by atoms with van der Waals surface area (Å²) < 4.78 is 56.2. The van der Waals surface area contributed by atoms with E-state index in [-0.39, 0.29) is 31.8 Å². The number of hydrogen-bond donors (Lipinski definition) is 3. The Kier molecular flexibility index (Phi) is 29.0. The van der Waals surface area contributed by atoms with Crippen LogP contribution in [0.4, 0.5) is 0 Å². The highest BCUT2D eigenvalue weighted by atomic mass is 31.2. The van der Waals surface area contributed by atoms with Crippen LogP contribution in [0.2, 0.25) is 0 Å². The number of aromatic amines is 2. The molecule has 0 radical (unpaired) electrons. The van der Waals surface area contributed by atoms with Crippen LogP contribution in [0.15, 0.2) is 123 Å². The van der Waals surface area contributed by atoms with Crippen molar-refractivity contribution >= 4 is 8.53 Å². The molecule has 4 heterocycles. The zero-order valence-electron chi connectivity index (χ0n) is 54.5. The zero-order chi connectivity index (χ0) is 64.6. The first kappa shape index (κ1) is 71.6. The van der Waals surface area contributed by atoms with Crippen LogP contribution >= 0.6 is 8.53 Å². The Bertz CT molecular complexity index is 3120. The molecule has 3 N–H and O–H groups in total. The number of hydrogen-bond acceptors (Lipinski definition) is 16. The van der Waals surface area contributed by atoms with Crippen molar-refractivity contribution in [3.8, 4) is 17.6 Å². The normalized spacial score (nSPS) is 20.9. The molecule has 7 rings (SSSR count). The summed E-state index contributed by atoms with van der Waals surface area (Å²) in [4.78, 5) is 70.9. The number of ether oxygens (including phenoxy) is 7. The summed E-state index contributed by atoms with van der Waals surface area (Å²) in [6.07, 6.45) is 16.5. The fraction of sp³-hybridized carbons (Fsp3) is 0.609. The second-order valence-electron chi connectivity index (χ2n) is 24.5. The molecule has 5 aromatic rings. The molecule has 494 valence electrons. The average Bonchev–Trinajstić information content (AvgIpc) is 2.06. The summed E-state index contributed by atoms with van der Waals surface area (Å²) in [6, 6.07) is 30.4. The summed E-state index contributed by atoms with van der Waals surface area (Å²) >= 11 is 0. The van der Waals surface area contributed by atoms with E-state index in [1.165, 1.54) is 111 Å². The lowest BCUT2D eigenvalue weighted by molar-refractivity contribution is -0.0932. The SMILES string of the molecule is CCCCCCCCCCCCCCCCCN(CC[C@H]1[C@@H](OC)[C@H](n2ccc(=O)[nH]c2=O)O[C@@H]1COC(c1ccccc1)(c1ccc(OC)cc1)c1ccc(OC)cc1)C[C@@H]1O[C@@H](n2ccc(=O)[nH]c2=O)[C@H](OC)[C@@H]1C(C#N)COP(O)N(C(C)C)C(C)C. The van der Waals surface area contributed by atoms with Gasteiger partial charge in [-0.3, -0.25) is 28.7 Å². The summed E-state index contributed by atoms with van der Waals surface area (Å²) in [5.74, 6) is -0.664. The first-order valence-corrected chi connectivity index (χ1v) is 33.8. The maximum Gasteiger partial charge on any atom is 0.330 e. The van der Waals surface area contributed by atoms with Gasteiger partial charge in [-0.2, -0.15) is 5.26 Å². The largest absolute Gasteiger partial charge is 0.497 e. The predicted octanol–water partition coefficient (Wildman–Crippen LogP) is 11.2. The van der Waals surface area contributed by atoms with Gasteiger partial charge in [0.2, 0.25) is 0 Å². The number of nitrogens with one attached hydrogen (secondary N) is 2. The van der Waals surface area contributed by atoms with Crippen molar-refractivity contribution in [2.24, 2.45) is 17.8 Å². The van der Waals surface area contributed by atoms with E-state index in [9.17, 15) is 29.3 Å². The number of aromatic nitrogens is 4. The number of unbranched alkanes of at least 4 members (excludes halogenated alkanes) is 14. The minimum absolute atomic E-state index is 0.00630. The van der Waals surface area contributed by atoms with Crippen molar-refractivity contribution < 1.29 is 42.6 Å². The van der Waals surface area contributed by atoms with Crippen LogP contribution in [0.25, 0.3) is 0 Å². The molecule has 10 atom stereocenters. The van der Waals surface area contributed by atoms with Gasteiger partial charge < -0.3 is 47.5 Å². The lowest BCUT2D eigenvalue weighted by Crippen LogP contribution is -2.44. The average molecular weight is 1270 g/mol. The molecule has 2 aliphatic heterocycles. The topological polar surface area (TPSA) is 234 Å². The van der Waals surface area contributed by atoms with E-state index in [1.54, 1.807) is 21.3 Å². The number of nitrogens with zero attached hydrogens (tertiary/aromatic N) is 5. The summed E-state index contributed by atoms with van der Waals surface area (Å²) in [6.45, 7) is 11.4. The second kappa shape index (κ2) is 36.4. The third-order valence-corrected chi connectivity index (χ3v) is 19.6. The minimum atomic E-state index is -2.10. The van der Waals surface area contributed by atoms with Crippen molar-refractivity contribution in [1.29, 1.82) is 5.26 Å². The number of rotatable bonds is 40. The van der Waals surface area contributed by atoms with E-state index in [0.29, 0.717) is 31.0 Å². The molecule has 0 aliphatic carbocycles. The van der Waals surface area contributed by atoms with Gasteiger partial charge in [0.05, 0.1) is 51.6 Å². The molecule has 2 saturated heterocycles. The van der Waals surface area contributed by atoms with Gasteiger partial charge in [-0.15, -0.1) is 0 Å². The van der Waals surface area contributed by atoms with Gasteiger partial charge in [-0.25, -0.2) is 14.3 Å². The number of nitriles is 1. The Morgan fingerprint density at radius 1 is 0.622 bits per heavy atom. The van der Waals surface area contributed by atoms with Crippen LogP contribution in [0, 0.1) is 29.1 Å². The first-order valence-electron chi connectivity index (χ1n) is 32.6. The highest BCUT2D eigenvalue weighted by molar-refractivity contribution is 7.43. The predicted molar refractivity (Wildman–Crippen MR) is 350 cm³/mol. The van der Waals surface area contributed by atoms with Crippen LogP contribution in [0.5, 0.6) is 11.5 Å². The highest BCUT2D eigenvalue weighted by Gasteiger charge is 2.52. The molecule has 0 bridgehead atoms. The Balaban J connectivity index is 1.22. The third-order valence-electron chi connectivity index (χ3n) is 17.9. The third kappa shape index (κ3) is 18.9. The van der Waals surface area contributed by atoms with Gasteiger partial charge in [0, 0.05) is 69.2 Å². The minimum Gasteiger partial charge on any atom is -0.497 e. The molecule has 2 aromatic heterocycles.